The maximum Gasteiger partial charge on any atom is 0.254 e. The number of rotatable bonds is 5. The number of nitrogens with two attached hydrogens (primary N) is 1. The van der Waals surface area contributed by atoms with Crippen LogP contribution in [0.15, 0.2) is 30.5 Å². The summed E-state index contributed by atoms with van der Waals surface area (Å²) < 4.78 is 6.96. The molecule has 0 unspecified atom stereocenters. The van der Waals surface area contributed by atoms with Crippen LogP contribution in [-0.2, 0) is 23.2 Å². The summed E-state index contributed by atoms with van der Waals surface area (Å²) in [6.07, 6.45) is 1.77. The SMILES string of the molecule is COCc1ccccc1C(=O)N1C[C@H](C(N)=O)[C@@H](c2cnn(C)c2C)C1. The van der Waals surface area contributed by atoms with E-state index >= 15 is 0 Å². The number of likely N-dealkylation sites (tertiary alicyclic amines) is 1. The lowest BCUT2D eigenvalue weighted by Gasteiger charge is -2.18. The van der Waals surface area contributed by atoms with E-state index < -0.39 is 11.8 Å². The van der Waals surface area contributed by atoms with Crippen molar-refractivity contribution in [2.75, 3.05) is 20.2 Å². The first-order valence-electron chi connectivity index (χ1n) is 8.58. The first kappa shape index (κ1) is 18.1. The number of hydrogen-bond acceptors (Lipinski definition) is 4. The van der Waals surface area contributed by atoms with Gasteiger partial charge in [-0.25, -0.2) is 0 Å². The number of benzene rings is 1. The molecule has 1 aromatic heterocycles. The summed E-state index contributed by atoms with van der Waals surface area (Å²) in [5.41, 5.74) is 9.02. The Balaban J connectivity index is 1.89. The summed E-state index contributed by atoms with van der Waals surface area (Å²) in [6.45, 7) is 3.08. The van der Waals surface area contributed by atoms with Crippen molar-refractivity contribution in [1.29, 1.82) is 0 Å². The average molecular weight is 356 g/mol. The van der Waals surface area contributed by atoms with Crippen LogP contribution >= 0.6 is 0 Å². The van der Waals surface area contributed by atoms with Crippen molar-refractivity contribution in [2.24, 2.45) is 18.7 Å². The van der Waals surface area contributed by atoms with Gasteiger partial charge in [0.15, 0.2) is 0 Å². The van der Waals surface area contributed by atoms with Crippen LogP contribution < -0.4 is 5.73 Å². The number of methoxy groups -OCH3 is 1. The highest BCUT2D eigenvalue weighted by Gasteiger charge is 2.41. The van der Waals surface area contributed by atoms with E-state index in [0.717, 1.165) is 16.8 Å². The molecule has 26 heavy (non-hydrogen) atoms. The van der Waals surface area contributed by atoms with E-state index in [9.17, 15) is 9.59 Å². The second-order valence-corrected chi connectivity index (χ2v) is 6.72. The Morgan fingerprint density at radius 3 is 2.65 bits per heavy atom. The van der Waals surface area contributed by atoms with Gasteiger partial charge in [0, 0.05) is 44.4 Å². The fraction of sp³-hybridized carbons (Fsp3) is 0.421. The number of aromatic nitrogens is 2. The zero-order valence-corrected chi connectivity index (χ0v) is 15.3. The van der Waals surface area contributed by atoms with Crippen LogP contribution in [0.5, 0.6) is 0 Å². The Bertz CT molecular complexity index is 830. The minimum Gasteiger partial charge on any atom is -0.380 e. The molecule has 2 amide bonds. The van der Waals surface area contributed by atoms with Gasteiger partial charge in [0.25, 0.3) is 5.91 Å². The zero-order chi connectivity index (χ0) is 18.8. The predicted octanol–water partition coefficient (Wildman–Crippen LogP) is 1.22. The molecule has 0 saturated carbocycles. The molecule has 1 saturated heterocycles. The van der Waals surface area contributed by atoms with Crippen molar-refractivity contribution in [2.45, 2.75) is 19.4 Å². The first-order valence-corrected chi connectivity index (χ1v) is 8.58. The molecule has 7 heteroatoms. The van der Waals surface area contributed by atoms with Gasteiger partial charge in [-0.2, -0.15) is 5.10 Å². The molecule has 2 atom stereocenters. The smallest absolute Gasteiger partial charge is 0.254 e. The van der Waals surface area contributed by atoms with Crippen molar-refractivity contribution in [3.63, 3.8) is 0 Å². The number of primary amides is 1. The lowest BCUT2D eigenvalue weighted by Crippen LogP contribution is -2.32. The van der Waals surface area contributed by atoms with E-state index in [0.29, 0.717) is 25.3 Å². The number of hydrogen-bond donors (Lipinski definition) is 1. The number of ether oxygens (including phenoxy) is 1. The third-order valence-electron chi connectivity index (χ3n) is 5.19. The molecule has 1 aromatic carbocycles. The number of nitrogens with zero attached hydrogens (tertiary/aromatic N) is 3. The summed E-state index contributed by atoms with van der Waals surface area (Å²) in [5, 5.41) is 4.27. The van der Waals surface area contributed by atoms with Crippen LogP contribution in [0, 0.1) is 12.8 Å². The van der Waals surface area contributed by atoms with Crippen LogP contribution in [0.25, 0.3) is 0 Å². The number of aryl methyl sites for hydroxylation is 1. The Hall–Kier alpha value is -2.67. The topological polar surface area (TPSA) is 90.4 Å². The maximum absolute atomic E-state index is 13.1. The zero-order valence-electron chi connectivity index (χ0n) is 15.3. The molecule has 0 radical (unpaired) electrons. The standard InChI is InChI=1S/C19H24N4O3/c1-12-15(8-21-22(12)2)16-9-23(10-17(16)18(20)24)19(25)14-7-5-4-6-13(14)11-26-3/h4-8,16-17H,9-11H2,1-3H3,(H2,20,24)/t16-,17+/m1/s1. The molecule has 1 aliphatic heterocycles. The highest BCUT2D eigenvalue weighted by atomic mass is 16.5. The van der Waals surface area contributed by atoms with Crippen molar-refractivity contribution in [3.05, 3.63) is 52.8 Å². The summed E-state index contributed by atoms with van der Waals surface area (Å²) in [7, 11) is 3.46. The first-order chi connectivity index (χ1) is 12.4. The normalized spacial score (nSPS) is 19.7. The Kier molecular flexibility index (Phi) is 5.08. The third-order valence-corrected chi connectivity index (χ3v) is 5.19. The van der Waals surface area contributed by atoms with Gasteiger partial charge in [0.2, 0.25) is 5.91 Å². The van der Waals surface area contributed by atoms with Crippen molar-refractivity contribution < 1.29 is 14.3 Å². The number of carbonyl (C=O) groups excluding carboxylic acids is 2. The fourth-order valence-corrected chi connectivity index (χ4v) is 3.63. The summed E-state index contributed by atoms with van der Waals surface area (Å²) >= 11 is 0. The van der Waals surface area contributed by atoms with Crippen LogP contribution in [0.4, 0.5) is 0 Å². The molecule has 7 nitrogen and oxygen atoms in total. The largest absolute Gasteiger partial charge is 0.380 e. The van der Waals surface area contributed by atoms with Crippen LogP contribution in [0.2, 0.25) is 0 Å². The van der Waals surface area contributed by atoms with Gasteiger partial charge in [-0.3, -0.25) is 14.3 Å². The van der Waals surface area contributed by atoms with Crippen LogP contribution in [-0.4, -0.2) is 46.7 Å². The minimum atomic E-state index is -0.420. The van der Waals surface area contributed by atoms with Crippen LogP contribution in [0.3, 0.4) is 0 Å². The van der Waals surface area contributed by atoms with Gasteiger partial charge < -0.3 is 15.4 Å². The summed E-state index contributed by atoms with van der Waals surface area (Å²) in [4.78, 5) is 26.8. The van der Waals surface area contributed by atoms with E-state index in [1.807, 2.05) is 32.2 Å². The third kappa shape index (κ3) is 3.22. The van der Waals surface area contributed by atoms with Crippen LogP contribution in [0.1, 0.15) is 33.1 Å². The molecule has 2 aromatic rings. The van der Waals surface area contributed by atoms with E-state index in [1.165, 1.54) is 0 Å². The molecule has 1 aliphatic rings. The molecule has 2 N–H and O–H groups in total. The Morgan fingerprint density at radius 2 is 2.04 bits per heavy atom. The van der Waals surface area contributed by atoms with E-state index in [-0.39, 0.29) is 11.8 Å². The second kappa shape index (κ2) is 7.29. The van der Waals surface area contributed by atoms with E-state index in [2.05, 4.69) is 5.10 Å². The lowest BCUT2D eigenvalue weighted by atomic mass is 9.89. The Morgan fingerprint density at radius 1 is 1.31 bits per heavy atom. The van der Waals surface area contributed by atoms with Gasteiger partial charge in [-0.05, 0) is 24.1 Å². The van der Waals surface area contributed by atoms with Crippen molar-refractivity contribution in [1.82, 2.24) is 14.7 Å². The molecular formula is C19H24N4O3. The molecule has 3 rings (SSSR count). The lowest BCUT2D eigenvalue weighted by molar-refractivity contribution is -0.121. The van der Waals surface area contributed by atoms with Gasteiger partial charge in [-0.15, -0.1) is 0 Å². The molecular weight excluding hydrogens is 332 g/mol. The van der Waals surface area contributed by atoms with Crippen molar-refractivity contribution >= 4 is 11.8 Å². The maximum atomic E-state index is 13.1. The average Bonchev–Trinajstić information content (AvgIpc) is 3.20. The molecule has 0 spiro atoms. The second-order valence-electron chi connectivity index (χ2n) is 6.72. The predicted molar refractivity (Wildman–Crippen MR) is 96.4 cm³/mol. The molecule has 2 heterocycles. The highest BCUT2D eigenvalue weighted by Crippen LogP contribution is 2.35. The quantitative estimate of drug-likeness (QED) is 0.872. The summed E-state index contributed by atoms with van der Waals surface area (Å²) in [5.74, 6) is -1.05. The molecule has 0 bridgehead atoms. The van der Waals surface area contributed by atoms with Gasteiger partial charge in [0.1, 0.15) is 0 Å². The van der Waals surface area contributed by atoms with Gasteiger partial charge >= 0.3 is 0 Å². The molecule has 0 aliphatic carbocycles. The summed E-state index contributed by atoms with van der Waals surface area (Å²) in [6, 6.07) is 7.37. The van der Waals surface area contributed by atoms with E-state index in [1.54, 1.807) is 29.0 Å². The number of carbonyl (C=O) groups is 2. The van der Waals surface area contributed by atoms with Gasteiger partial charge in [-0.1, -0.05) is 18.2 Å². The van der Waals surface area contributed by atoms with E-state index in [4.69, 9.17) is 10.5 Å². The highest BCUT2D eigenvalue weighted by molar-refractivity contribution is 5.96. The molecule has 1 fully saturated rings. The Labute approximate surface area is 152 Å². The fourth-order valence-electron chi connectivity index (χ4n) is 3.63. The monoisotopic (exact) mass is 356 g/mol. The minimum absolute atomic E-state index is 0.104. The van der Waals surface area contributed by atoms with Gasteiger partial charge in [0.05, 0.1) is 18.7 Å². The molecule has 138 valence electrons. The van der Waals surface area contributed by atoms with Crippen molar-refractivity contribution in [3.8, 4) is 0 Å². The number of amides is 2.